The lowest BCUT2D eigenvalue weighted by molar-refractivity contribution is 0.344. The fourth-order valence-corrected chi connectivity index (χ4v) is 2.61. The lowest BCUT2D eigenvalue weighted by Gasteiger charge is -2.22. The molecule has 0 atom stereocenters. The lowest BCUT2D eigenvalue weighted by Crippen LogP contribution is -2.28. The number of rotatable bonds is 9. The van der Waals surface area contributed by atoms with Crippen molar-refractivity contribution in [3.63, 3.8) is 0 Å². The molecular weight excluding hydrogens is 208 g/mol. The Morgan fingerprint density at radius 2 is 1.76 bits per heavy atom. The summed E-state index contributed by atoms with van der Waals surface area (Å²) in [6, 6.07) is 0. The van der Waals surface area contributed by atoms with Gasteiger partial charge >= 0.3 is 0 Å². The van der Waals surface area contributed by atoms with Crippen molar-refractivity contribution in [2.45, 2.75) is 58.8 Å². The molecule has 1 heterocycles. The molecule has 0 aromatic carbocycles. The van der Waals surface area contributed by atoms with Crippen LogP contribution in [0.15, 0.2) is 0 Å². The van der Waals surface area contributed by atoms with Gasteiger partial charge in [0.1, 0.15) is 0 Å². The normalized spacial score (nSPS) is 17.8. The molecule has 0 radical (unpaired) electrons. The van der Waals surface area contributed by atoms with Gasteiger partial charge in [0.25, 0.3) is 0 Å². The average molecular weight is 240 g/mol. The van der Waals surface area contributed by atoms with Gasteiger partial charge in [-0.3, -0.25) is 0 Å². The van der Waals surface area contributed by atoms with E-state index in [1.807, 2.05) is 0 Å². The molecule has 102 valence electrons. The number of unbranched alkanes of at least 4 members (excludes halogenated alkanes) is 1. The molecule has 1 aliphatic heterocycles. The van der Waals surface area contributed by atoms with E-state index in [0.29, 0.717) is 0 Å². The fraction of sp³-hybridized carbons (Fsp3) is 1.00. The summed E-state index contributed by atoms with van der Waals surface area (Å²) in [7, 11) is 0. The van der Waals surface area contributed by atoms with Crippen LogP contribution in [0.5, 0.6) is 0 Å². The SMILES string of the molecule is CC(C)CCCCNCCCC1CCNCC1. The molecule has 0 aromatic heterocycles. The third-order valence-corrected chi connectivity index (χ3v) is 3.81. The van der Waals surface area contributed by atoms with Crippen molar-refractivity contribution in [1.29, 1.82) is 0 Å². The largest absolute Gasteiger partial charge is 0.317 e. The molecular formula is C15H32N2. The fourth-order valence-electron chi connectivity index (χ4n) is 2.61. The van der Waals surface area contributed by atoms with Crippen LogP contribution in [-0.2, 0) is 0 Å². The quantitative estimate of drug-likeness (QED) is 0.605. The van der Waals surface area contributed by atoms with E-state index < -0.39 is 0 Å². The molecule has 0 unspecified atom stereocenters. The molecule has 2 nitrogen and oxygen atoms in total. The zero-order valence-electron chi connectivity index (χ0n) is 11.9. The number of hydrogen-bond acceptors (Lipinski definition) is 2. The zero-order valence-corrected chi connectivity index (χ0v) is 11.9. The van der Waals surface area contributed by atoms with Crippen molar-refractivity contribution in [1.82, 2.24) is 10.6 Å². The van der Waals surface area contributed by atoms with E-state index in [0.717, 1.165) is 11.8 Å². The topological polar surface area (TPSA) is 24.1 Å². The van der Waals surface area contributed by atoms with Crippen LogP contribution in [0.1, 0.15) is 58.8 Å². The van der Waals surface area contributed by atoms with Gasteiger partial charge < -0.3 is 10.6 Å². The Morgan fingerprint density at radius 1 is 1.06 bits per heavy atom. The molecule has 0 saturated carbocycles. The molecule has 0 spiro atoms. The smallest absolute Gasteiger partial charge is 0.00463 e. The van der Waals surface area contributed by atoms with Crippen molar-refractivity contribution >= 4 is 0 Å². The van der Waals surface area contributed by atoms with Gasteiger partial charge in [-0.2, -0.15) is 0 Å². The third-order valence-electron chi connectivity index (χ3n) is 3.81. The second kappa shape index (κ2) is 9.90. The van der Waals surface area contributed by atoms with Gasteiger partial charge in [0.15, 0.2) is 0 Å². The molecule has 17 heavy (non-hydrogen) atoms. The van der Waals surface area contributed by atoms with Crippen LogP contribution < -0.4 is 10.6 Å². The predicted octanol–water partition coefficient (Wildman–Crippen LogP) is 3.18. The Bertz CT molecular complexity index is 162. The molecule has 0 amide bonds. The number of nitrogens with one attached hydrogen (secondary N) is 2. The van der Waals surface area contributed by atoms with Gasteiger partial charge in [-0.05, 0) is 70.1 Å². The number of piperidine rings is 1. The van der Waals surface area contributed by atoms with Gasteiger partial charge in [0, 0.05) is 0 Å². The first-order chi connectivity index (χ1) is 8.29. The molecule has 0 aliphatic carbocycles. The van der Waals surface area contributed by atoms with Crippen LogP contribution in [0.4, 0.5) is 0 Å². The van der Waals surface area contributed by atoms with Crippen molar-refractivity contribution in [3.8, 4) is 0 Å². The van der Waals surface area contributed by atoms with Gasteiger partial charge in [0.05, 0.1) is 0 Å². The summed E-state index contributed by atoms with van der Waals surface area (Å²) in [5, 5.41) is 7.02. The van der Waals surface area contributed by atoms with Crippen LogP contribution in [0.25, 0.3) is 0 Å². The zero-order chi connectivity index (χ0) is 12.3. The third kappa shape index (κ3) is 8.62. The van der Waals surface area contributed by atoms with Gasteiger partial charge in [-0.1, -0.05) is 26.7 Å². The average Bonchev–Trinajstić information content (AvgIpc) is 2.33. The molecule has 0 aromatic rings. The van der Waals surface area contributed by atoms with Crippen molar-refractivity contribution in [2.24, 2.45) is 11.8 Å². The Hall–Kier alpha value is -0.0800. The molecule has 1 rings (SSSR count). The van der Waals surface area contributed by atoms with E-state index in [-0.39, 0.29) is 0 Å². The molecule has 1 saturated heterocycles. The second-order valence-electron chi connectivity index (χ2n) is 5.98. The van der Waals surface area contributed by atoms with Crippen LogP contribution >= 0.6 is 0 Å². The molecule has 1 fully saturated rings. The first-order valence-corrected chi connectivity index (χ1v) is 7.70. The Balaban J connectivity index is 1.78. The highest BCUT2D eigenvalue weighted by Gasteiger charge is 2.11. The van der Waals surface area contributed by atoms with E-state index in [1.54, 1.807) is 0 Å². The Labute approximate surface area is 108 Å². The van der Waals surface area contributed by atoms with Crippen LogP contribution in [0, 0.1) is 11.8 Å². The van der Waals surface area contributed by atoms with Crippen LogP contribution in [0.2, 0.25) is 0 Å². The van der Waals surface area contributed by atoms with Crippen molar-refractivity contribution < 1.29 is 0 Å². The van der Waals surface area contributed by atoms with E-state index in [1.165, 1.54) is 71.1 Å². The maximum Gasteiger partial charge on any atom is -0.00463 e. The van der Waals surface area contributed by atoms with Crippen molar-refractivity contribution in [3.05, 3.63) is 0 Å². The molecule has 1 aliphatic rings. The standard InChI is InChI=1S/C15H32N2/c1-14(2)6-3-4-10-16-11-5-7-15-8-12-17-13-9-15/h14-17H,3-13H2,1-2H3. The first-order valence-electron chi connectivity index (χ1n) is 7.70. The molecule has 0 bridgehead atoms. The number of hydrogen-bond donors (Lipinski definition) is 2. The van der Waals surface area contributed by atoms with Crippen molar-refractivity contribution in [2.75, 3.05) is 26.2 Å². The van der Waals surface area contributed by atoms with Gasteiger partial charge in [-0.25, -0.2) is 0 Å². The highest BCUT2D eigenvalue weighted by Crippen LogP contribution is 2.17. The highest BCUT2D eigenvalue weighted by molar-refractivity contribution is 4.68. The highest BCUT2D eigenvalue weighted by atomic mass is 14.9. The second-order valence-corrected chi connectivity index (χ2v) is 5.98. The van der Waals surface area contributed by atoms with Gasteiger partial charge in [0.2, 0.25) is 0 Å². The summed E-state index contributed by atoms with van der Waals surface area (Å²) >= 11 is 0. The van der Waals surface area contributed by atoms with E-state index >= 15 is 0 Å². The van der Waals surface area contributed by atoms with E-state index in [2.05, 4.69) is 24.5 Å². The summed E-state index contributed by atoms with van der Waals surface area (Å²) in [6.45, 7) is 9.56. The Morgan fingerprint density at radius 3 is 2.47 bits per heavy atom. The summed E-state index contributed by atoms with van der Waals surface area (Å²) in [4.78, 5) is 0. The monoisotopic (exact) mass is 240 g/mol. The molecule has 2 N–H and O–H groups in total. The molecule has 2 heteroatoms. The first kappa shape index (κ1) is 15.0. The minimum atomic E-state index is 0.870. The maximum absolute atomic E-state index is 3.58. The maximum atomic E-state index is 3.58. The summed E-state index contributed by atoms with van der Waals surface area (Å²) < 4.78 is 0. The van der Waals surface area contributed by atoms with Gasteiger partial charge in [-0.15, -0.1) is 0 Å². The Kier molecular flexibility index (Phi) is 8.72. The summed E-state index contributed by atoms with van der Waals surface area (Å²) in [6.07, 6.45) is 9.72. The predicted molar refractivity (Wildman–Crippen MR) is 76.4 cm³/mol. The summed E-state index contributed by atoms with van der Waals surface area (Å²) in [5.74, 6) is 1.87. The minimum Gasteiger partial charge on any atom is -0.317 e. The van der Waals surface area contributed by atoms with E-state index in [9.17, 15) is 0 Å². The minimum absolute atomic E-state index is 0.870. The summed E-state index contributed by atoms with van der Waals surface area (Å²) in [5.41, 5.74) is 0. The van der Waals surface area contributed by atoms with Crippen LogP contribution in [0.3, 0.4) is 0 Å². The van der Waals surface area contributed by atoms with E-state index in [4.69, 9.17) is 0 Å². The van der Waals surface area contributed by atoms with Crippen LogP contribution in [-0.4, -0.2) is 26.2 Å². The lowest BCUT2D eigenvalue weighted by atomic mass is 9.93.